The van der Waals surface area contributed by atoms with Crippen LogP contribution >= 0.6 is 20.3 Å². The Kier molecular flexibility index (Phi) is 3.26. The van der Waals surface area contributed by atoms with Crippen LogP contribution in [0.5, 0.6) is 0 Å². The van der Waals surface area contributed by atoms with Gasteiger partial charge in [0, 0.05) is 0 Å². The topological polar surface area (TPSA) is 0 Å². The zero-order valence-corrected chi connectivity index (χ0v) is 6.66. The summed E-state index contributed by atoms with van der Waals surface area (Å²) in [6.07, 6.45) is 0. The van der Waals surface area contributed by atoms with Crippen LogP contribution in [0.4, 0.5) is 0 Å². The molecule has 0 heterocycles. The van der Waals surface area contributed by atoms with Crippen LogP contribution in [-0.4, -0.2) is 10.7 Å². The van der Waals surface area contributed by atoms with Crippen LogP contribution in [0.3, 0.4) is 0 Å². The number of hydrogen-bond acceptors (Lipinski definition) is 0. The van der Waals surface area contributed by atoms with E-state index >= 15 is 0 Å². The van der Waals surface area contributed by atoms with Crippen molar-refractivity contribution in [1.29, 1.82) is 0 Å². The third kappa shape index (κ3) is 10.5. The SMILES string of the molecule is C[Se](C)I. The molecule has 0 saturated heterocycles. The van der Waals surface area contributed by atoms with Gasteiger partial charge in [0.15, 0.2) is 0 Å². The van der Waals surface area contributed by atoms with Crippen molar-refractivity contribution >= 4 is 31.0 Å². The van der Waals surface area contributed by atoms with Gasteiger partial charge in [0.05, 0.1) is 0 Å². The predicted octanol–water partition coefficient (Wildman–Crippen LogP) is 1.67. The molecule has 1 radical (unpaired) electrons. The number of hydrogen-bond donors (Lipinski definition) is 0. The predicted molar refractivity (Wildman–Crippen MR) is 31.5 cm³/mol. The van der Waals surface area contributed by atoms with Gasteiger partial charge in [0.25, 0.3) is 0 Å². The molecule has 2 heteroatoms. The fourth-order valence-electron chi connectivity index (χ4n) is 0. The van der Waals surface area contributed by atoms with E-state index in [-0.39, 0.29) is 10.7 Å². The van der Waals surface area contributed by atoms with E-state index in [1.54, 1.807) is 0 Å². The summed E-state index contributed by atoms with van der Waals surface area (Å²) in [5, 5.41) is 0. The van der Waals surface area contributed by atoms with Gasteiger partial charge in [0.2, 0.25) is 0 Å². The van der Waals surface area contributed by atoms with Crippen molar-refractivity contribution in [2.24, 2.45) is 0 Å². The van der Waals surface area contributed by atoms with Crippen molar-refractivity contribution in [2.75, 3.05) is 0 Å². The summed E-state index contributed by atoms with van der Waals surface area (Å²) >= 11 is 2.47. The molecular formula is C2H6ISe. The zero-order valence-electron chi connectivity index (χ0n) is 2.79. The monoisotopic (exact) mass is 237 g/mol. The summed E-state index contributed by atoms with van der Waals surface area (Å²) in [4.78, 5) is 0. The Bertz CT molecular complexity index is 10.8. The van der Waals surface area contributed by atoms with Crippen molar-refractivity contribution in [3.05, 3.63) is 0 Å². The Labute approximate surface area is 42.6 Å². The van der Waals surface area contributed by atoms with E-state index in [9.17, 15) is 0 Å². The third-order valence-corrected chi connectivity index (χ3v) is 0. The Morgan fingerprint density at radius 2 is 1.50 bits per heavy atom. The molecule has 0 saturated carbocycles. The molecule has 0 nitrogen and oxygen atoms in total. The summed E-state index contributed by atoms with van der Waals surface area (Å²) in [5.74, 6) is 4.56. The minimum atomic E-state index is -0.0717. The summed E-state index contributed by atoms with van der Waals surface area (Å²) in [5.41, 5.74) is 0. The Balaban J connectivity index is 2.32. The molecule has 0 amide bonds. The zero-order chi connectivity index (χ0) is 3.58. The van der Waals surface area contributed by atoms with Gasteiger partial charge in [-0.2, -0.15) is 0 Å². The molecule has 0 aliphatic rings. The molecule has 27 valence electrons. The molecule has 0 unspecified atom stereocenters. The van der Waals surface area contributed by atoms with Crippen LogP contribution in [0, 0.1) is 0 Å². The van der Waals surface area contributed by atoms with Crippen LogP contribution in [0.25, 0.3) is 0 Å². The summed E-state index contributed by atoms with van der Waals surface area (Å²) < 4.78 is 0. The van der Waals surface area contributed by atoms with Gasteiger partial charge in [-0.3, -0.25) is 0 Å². The number of rotatable bonds is 0. The molecule has 0 spiro atoms. The van der Waals surface area contributed by atoms with Gasteiger partial charge in [-0.05, 0) is 0 Å². The van der Waals surface area contributed by atoms with Gasteiger partial charge in [-0.15, -0.1) is 0 Å². The van der Waals surface area contributed by atoms with Crippen LogP contribution in [0.1, 0.15) is 0 Å². The molecule has 0 aliphatic heterocycles. The normalized spacial score (nSPS) is 9.00. The van der Waals surface area contributed by atoms with E-state index in [1.807, 2.05) is 0 Å². The standard InChI is InChI=1S/C2H6ISe/c1-4(2)3/h1-2H3. The van der Waals surface area contributed by atoms with Crippen LogP contribution in [0.2, 0.25) is 11.6 Å². The average molecular weight is 236 g/mol. The van der Waals surface area contributed by atoms with E-state index in [0.717, 1.165) is 0 Å². The van der Waals surface area contributed by atoms with Crippen molar-refractivity contribution in [3.63, 3.8) is 0 Å². The Hall–Kier alpha value is 1.25. The average Bonchev–Trinajstić information content (AvgIpc) is 0.811. The van der Waals surface area contributed by atoms with E-state index in [1.165, 1.54) is 0 Å². The number of halogens is 1. The minimum absolute atomic E-state index is 0.0717. The molecule has 0 aliphatic carbocycles. The Morgan fingerprint density at radius 1 is 1.50 bits per heavy atom. The molecule has 0 aromatic rings. The molecule has 0 atom stereocenters. The molecule has 0 N–H and O–H groups in total. The van der Waals surface area contributed by atoms with Crippen molar-refractivity contribution in [1.82, 2.24) is 0 Å². The van der Waals surface area contributed by atoms with Crippen molar-refractivity contribution < 1.29 is 0 Å². The quantitative estimate of drug-likeness (QED) is 0.443. The molecule has 0 aromatic carbocycles. The second-order valence-electron chi connectivity index (χ2n) is 0.717. The van der Waals surface area contributed by atoms with Gasteiger partial charge < -0.3 is 0 Å². The summed E-state index contributed by atoms with van der Waals surface area (Å²) in [6.45, 7) is 0. The van der Waals surface area contributed by atoms with Crippen LogP contribution in [-0.2, 0) is 0 Å². The molecule has 0 bridgehead atoms. The second kappa shape index (κ2) is 2.48. The fourth-order valence-corrected chi connectivity index (χ4v) is 0. The first kappa shape index (κ1) is 5.25. The van der Waals surface area contributed by atoms with Crippen LogP contribution < -0.4 is 0 Å². The van der Waals surface area contributed by atoms with Gasteiger partial charge >= 0.3 is 42.6 Å². The van der Waals surface area contributed by atoms with E-state index in [4.69, 9.17) is 0 Å². The second-order valence-corrected chi connectivity index (χ2v) is 12.9. The van der Waals surface area contributed by atoms with Crippen molar-refractivity contribution in [3.8, 4) is 0 Å². The third-order valence-electron chi connectivity index (χ3n) is 0. The maximum absolute atomic E-state index is 2.47. The molecular weight excluding hydrogens is 230 g/mol. The van der Waals surface area contributed by atoms with Crippen LogP contribution in [0.15, 0.2) is 0 Å². The molecule has 0 aromatic heterocycles. The molecule has 0 fully saturated rings. The first-order valence-electron chi connectivity index (χ1n) is 0.971. The summed E-state index contributed by atoms with van der Waals surface area (Å²) in [6, 6.07) is 0. The van der Waals surface area contributed by atoms with Gasteiger partial charge in [-0.25, -0.2) is 0 Å². The van der Waals surface area contributed by atoms with E-state index < -0.39 is 0 Å². The van der Waals surface area contributed by atoms with Crippen molar-refractivity contribution in [2.45, 2.75) is 11.6 Å². The first-order chi connectivity index (χ1) is 1.73. The fraction of sp³-hybridized carbons (Fsp3) is 1.00. The molecule has 0 rings (SSSR count). The van der Waals surface area contributed by atoms with E-state index in [2.05, 4.69) is 32.0 Å². The van der Waals surface area contributed by atoms with E-state index in [0.29, 0.717) is 0 Å². The first-order valence-corrected chi connectivity index (χ1v) is 9.62. The van der Waals surface area contributed by atoms with Gasteiger partial charge in [-0.1, -0.05) is 0 Å². The summed E-state index contributed by atoms with van der Waals surface area (Å²) in [7, 11) is -0.0717. The van der Waals surface area contributed by atoms with Gasteiger partial charge in [0.1, 0.15) is 0 Å². The maximum atomic E-state index is 2.47. The Morgan fingerprint density at radius 3 is 1.50 bits per heavy atom. The molecule has 4 heavy (non-hydrogen) atoms.